The molecule has 1 saturated carbocycles. The fraction of sp³-hybridized carbons (Fsp3) is 0.364. The third-order valence-corrected chi connectivity index (χ3v) is 5.84. The molecule has 0 saturated heterocycles. The van der Waals surface area contributed by atoms with Crippen LogP contribution in [0.15, 0.2) is 48.7 Å². The molecule has 0 spiro atoms. The van der Waals surface area contributed by atoms with Crippen molar-refractivity contribution < 1.29 is 18.0 Å². The van der Waals surface area contributed by atoms with Crippen molar-refractivity contribution in [1.82, 2.24) is 9.78 Å². The molecule has 0 atom stereocenters. The highest BCUT2D eigenvalue weighted by Crippen LogP contribution is 2.39. The second-order valence-electron chi connectivity index (χ2n) is 7.79. The first-order valence-corrected chi connectivity index (χ1v) is 9.74. The molecular weight excluding hydrogens is 379 g/mol. The summed E-state index contributed by atoms with van der Waals surface area (Å²) in [6, 6.07) is 11.3. The highest BCUT2D eigenvalue weighted by Gasteiger charge is 2.33. The highest BCUT2D eigenvalue weighted by molar-refractivity contribution is 5.94. The van der Waals surface area contributed by atoms with Crippen molar-refractivity contribution in [3.05, 3.63) is 65.4 Å². The number of halogens is 3. The predicted octanol–water partition coefficient (Wildman–Crippen LogP) is 5.13. The van der Waals surface area contributed by atoms with Gasteiger partial charge >= 0.3 is 6.18 Å². The monoisotopic (exact) mass is 401 g/mol. The van der Waals surface area contributed by atoms with E-state index in [-0.39, 0.29) is 11.5 Å². The van der Waals surface area contributed by atoms with E-state index in [4.69, 9.17) is 5.73 Å². The molecule has 1 fully saturated rings. The van der Waals surface area contributed by atoms with E-state index in [0.29, 0.717) is 11.5 Å². The smallest absolute Gasteiger partial charge is 0.366 e. The van der Waals surface area contributed by atoms with Crippen molar-refractivity contribution in [3.63, 3.8) is 0 Å². The Bertz CT molecular complexity index is 1000. The Morgan fingerprint density at radius 1 is 1.10 bits per heavy atom. The number of hydrogen-bond donors (Lipinski definition) is 1. The van der Waals surface area contributed by atoms with Crippen LogP contribution in [0.5, 0.6) is 0 Å². The van der Waals surface area contributed by atoms with E-state index in [1.165, 1.54) is 6.07 Å². The van der Waals surface area contributed by atoms with Crippen molar-refractivity contribution in [2.75, 3.05) is 0 Å². The van der Waals surface area contributed by atoms with Gasteiger partial charge in [0.25, 0.3) is 0 Å². The number of alkyl halides is 3. The van der Waals surface area contributed by atoms with Crippen molar-refractivity contribution >= 4 is 16.8 Å². The minimum atomic E-state index is -4.49. The minimum Gasteiger partial charge on any atom is -0.366 e. The van der Waals surface area contributed by atoms with Gasteiger partial charge in [-0.05, 0) is 61.3 Å². The summed E-state index contributed by atoms with van der Waals surface area (Å²) >= 11 is 0. The Morgan fingerprint density at radius 3 is 2.48 bits per heavy atom. The molecule has 7 heteroatoms. The zero-order valence-electron chi connectivity index (χ0n) is 15.8. The Balaban J connectivity index is 1.45. The van der Waals surface area contributed by atoms with Crippen LogP contribution in [-0.2, 0) is 12.7 Å². The lowest BCUT2D eigenvalue weighted by atomic mass is 9.77. The maximum absolute atomic E-state index is 13.0. The van der Waals surface area contributed by atoms with Crippen molar-refractivity contribution in [2.24, 2.45) is 11.7 Å². The summed E-state index contributed by atoms with van der Waals surface area (Å²) in [6.07, 6.45) is 1.05. The van der Waals surface area contributed by atoms with E-state index in [1.807, 2.05) is 35.1 Å². The molecule has 1 heterocycles. The Hall–Kier alpha value is -2.83. The van der Waals surface area contributed by atoms with Crippen molar-refractivity contribution in [1.29, 1.82) is 0 Å². The number of rotatable bonds is 4. The van der Waals surface area contributed by atoms with Crippen LogP contribution in [-0.4, -0.2) is 15.7 Å². The van der Waals surface area contributed by atoms with Crippen LogP contribution in [0.25, 0.3) is 10.9 Å². The number of nitrogens with zero attached hydrogens (tertiary/aromatic N) is 2. The number of fused-ring (bicyclic) bond motifs is 1. The lowest BCUT2D eigenvalue weighted by Crippen LogP contribution is -2.22. The standard InChI is InChI=1S/C22H22F3N3O/c23-22(24,25)17-9-10-18(19(11-17)21(26)29)15-7-5-14(6-8-15)12-28-13-16-3-1-2-4-20(16)27-28/h1-4,9-11,13-15H,5-8,12H2,(H2,26,29)/t14-,15-. The number of nitrogens with two attached hydrogens (primary N) is 1. The molecule has 2 aromatic carbocycles. The molecule has 0 radical (unpaired) electrons. The molecule has 29 heavy (non-hydrogen) atoms. The second kappa shape index (κ2) is 7.54. The average Bonchev–Trinajstić information content (AvgIpc) is 3.09. The number of amides is 1. The topological polar surface area (TPSA) is 60.9 Å². The van der Waals surface area contributed by atoms with Gasteiger partial charge < -0.3 is 5.73 Å². The molecule has 4 rings (SSSR count). The van der Waals surface area contributed by atoms with Gasteiger partial charge in [-0.2, -0.15) is 18.3 Å². The second-order valence-corrected chi connectivity index (χ2v) is 7.79. The Labute approximate surface area is 166 Å². The molecule has 0 aliphatic heterocycles. The number of carbonyl (C=O) groups is 1. The van der Waals surface area contributed by atoms with Gasteiger partial charge in [-0.3, -0.25) is 9.48 Å². The average molecular weight is 401 g/mol. The molecule has 1 aromatic heterocycles. The van der Waals surface area contributed by atoms with Gasteiger partial charge in [0.05, 0.1) is 11.1 Å². The van der Waals surface area contributed by atoms with Crippen molar-refractivity contribution in [2.45, 2.75) is 44.3 Å². The number of benzene rings is 2. The number of carbonyl (C=O) groups excluding carboxylic acids is 1. The first-order valence-electron chi connectivity index (χ1n) is 9.74. The summed E-state index contributed by atoms with van der Waals surface area (Å²) < 4.78 is 40.9. The molecule has 152 valence electrons. The zero-order valence-corrected chi connectivity index (χ0v) is 15.8. The maximum atomic E-state index is 13.0. The molecular formula is C22H22F3N3O. The van der Waals surface area contributed by atoms with Crippen LogP contribution in [0.1, 0.15) is 53.1 Å². The highest BCUT2D eigenvalue weighted by atomic mass is 19.4. The molecule has 0 unspecified atom stereocenters. The predicted molar refractivity (Wildman–Crippen MR) is 104 cm³/mol. The zero-order chi connectivity index (χ0) is 20.6. The fourth-order valence-electron chi connectivity index (χ4n) is 4.33. The fourth-order valence-corrected chi connectivity index (χ4v) is 4.33. The molecule has 1 amide bonds. The summed E-state index contributed by atoms with van der Waals surface area (Å²) in [4.78, 5) is 11.8. The Kier molecular flexibility index (Phi) is 5.06. The quantitative estimate of drug-likeness (QED) is 0.659. The third-order valence-electron chi connectivity index (χ3n) is 5.84. The first-order chi connectivity index (χ1) is 13.8. The van der Waals surface area contributed by atoms with E-state index in [0.717, 1.165) is 55.3 Å². The summed E-state index contributed by atoms with van der Waals surface area (Å²) in [5.41, 5.74) is 6.13. The van der Waals surface area contributed by atoms with E-state index >= 15 is 0 Å². The van der Waals surface area contributed by atoms with Gasteiger partial charge in [-0.25, -0.2) is 0 Å². The lowest BCUT2D eigenvalue weighted by Gasteiger charge is -2.30. The van der Waals surface area contributed by atoms with Gasteiger partial charge in [0.1, 0.15) is 0 Å². The van der Waals surface area contributed by atoms with Crippen LogP contribution < -0.4 is 5.73 Å². The summed E-state index contributed by atoms with van der Waals surface area (Å²) in [7, 11) is 0. The SMILES string of the molecule is NC(=O)c1cc(C(F)(F)F)ccc1[C@H]1CC[C@H](Cn2cc3ccccc3n2)CC1. The van der Waals surface area contributed by atoms with Crippen molar-refractivity contribution in [3.8, 4) is 0 Å². The summed E-state index contributed by atoms with van der Waals surface area (Å²) in [5, 5.41) is 5.71. The van der Waals surface area contributed by atoms with Gasteiger partial charge in [0.15, 0.2) is 0 Å². The molecule has 2 N–H and O–H groups in total. The maximum Gasteiger partial charge on any atom is 0.416 e. The molecule has 4 nitrogen and oxygen atoms in total. The van der Waals surface area contributed by atoms with Gasteiger partial charge in [0, 0.05) is 23.7 Å². The number of hydrogen-bond acceptors (Lipinski definition) is 2. The molecule has 1 aliphatic carbocycles. The van der Waals surface area contributed by atoms with E-state index in [2.05, 4.69) is 5.10 Å². The Morgan fingerprint density at radius 2 is 1.83 bits per heavy atom. The number of primary amides is 1. The van der Waals surface area contributed by atoms with Crippen LogP contribution in [0.2, 0.25) is 0 Å². The van der Waals surface area contributed by atoms with Crippen LogP contribution in [0, 0.1) is 5.92 Å². The molecule has 0 bridgehead atoms. The first kappa shape index (κ1) is 19.5. The van der Waals surface area contributed by atoms with Crippen LogP contribution in [0.3, 0.4) is 0 Å². The lowest BCUT2D eigenvalue weighted by molar-refractivity contribution is -0.137. The normalized spacial score (nSPS) is 20.1. The van der Waals surface area contributed by atoms with Crippen LogP contribution in [0.4, 0.5) is 13.2 Å². The van der Waals surface area contributed by atoms with E-state index in [9.17, 15) is 18.0 Å². The van der Waals surface area contributed by atoms with E-state index in [1.54, 1.807) is 0 Å². The molecule has 3 aromatic rings. The van der Waals surface area contributed by atoms with Gasteiger partial charge in [-0.15, -0.1) is 0 Å². The van der Waals surface area contributed by atoms with Gasteiger partial charge in [0.2, 0.25) is 5.91 Å². The van der Waals surface area contributed by atoms with E-state index < -0.39 is 17.6 Å². The minimum absolute atomic E-state index is 0.0124. The third kappa shape index (κ3) is 4.13. The largest absolute Gasteiger partial charge is 0.416 e. The van der Waals surface area contributed by atoms with Gasteiger partial charge in [-0.1, -0.05) is 24.3 Å². The number of aromatic nitrogens is 2. The molecule has 1 aliphatic rings. The summed E-state index contributed by atoms with van der Waals surface area (Å²) in [6.45, 7) is 0.817. The van der Waals surface area contributed by atoms with Crippen LogP contribution >= 0.6 is 0 Å². The summed E-state index contributed by atoms with van der Waals surface area (Å²) in [5.74, 6) is -0.309.